The third-order valence-corrected chi connectivity index (χ3v) is 2.32. The minimum atomic E-state index is -4.43. The smallest absolute Gasteiger partial charge is 0.192 e. The fraction of sp³-hybridized carbons (Fsp3) is 0.0909. The van der Waals surface area contributed by atoms with E-state index in [0.29, 0.717) is 0 Å². The third kappa shape index (κ3) is 2.99. The first kappa shape index (κ1) is 13.1. The third-order valence-electron chi connectivity index (χ3n) is 1.91. The van der Waals surface area contributed by atoms with Crippen LogP contribution in [0.4, 0.5) is 13.2 Å². The van der Waals surface area contributed by atoms with E-state index < -0.39 is 11.7 Å². The van der Waals surface area contributed by atoms with Gasteiger partial charge in [-0.1, -0.05) is 23.7 Å². The molecule has 0 atom stereocenters. The Labute approximate surface area is 100 Å². The molecule has 17 heavy (non-hydrogen) atoms. The summed E-state index contributed by atoms with van der Waals surface area (Å²) < 4.78 is 36.8. The molecular formula is C11H4ClF3N2. The first-order valence-electron chi connectivity index (χ1n) is 4.27. The van der Waals surface area contributed by atoms with E-state index >= 15 is 0 Å². The lowest BCUT2D eigenvalue weighted by atomic mass is 10.1. The number of rotatable bonds is 1. The zero-order valence-electron chi connectivity index (χ0n) is 8.22. The van der Waals surface area contributed by atoms with Crippen molar-refractivity contribution >= 4 is 16.6 Å². The Morgan fingerprint density at radius 3 is 1.88 bits per heavy atom. The Morgan fingerprint density at radius 2 is 1.53 bits per heavy atom. The number of nitrogens with zero attached hydrogens (tertiary/aromatic N) is 2. The average Bonchev–Trinajstić information content (AvgIpc) is 2.29. The molecule has 86 valence electrons. The lowest BCUT2D eigenvalue weighted by Gasteiger charge is -2.07. The highest BCUT2D eigenvalue weighted by Gasteiger charge is 2.30. The molecule has 0 aromatic heterocycles. The van der Waals surface area contributed by atoms with Gasteiger partial charge in [0.05, 0.1) is 10.6 Å². The summed E-state index contributed by atoms with van der Waals surface area (Å²) in [6.07, 6.45) is -4.43. The van der Waals surface area contributed by atoms with Crippen molar-refractivity contribution in [2.45, 2.75) is 6.18 Å². The van der Waals surface area contributed by atoms with E-state index in [9.17, 15) is 13.2 Å². The van der Waals surface area contributed by atoms with Crippen molar-refractivity contribution in [3.05, 3.63) is 41.0 Å². The zero-order valence-corrected chi connectivity index (χ0v) is 8.97. The van der Waals surface area contributed by atoms with E-state index in [4.69, 9.17) is 22.1 Å². The van der Waals surface area contributed by atoms with Crippen molar-refractivity contribution in [2.75, 3.05) is 0 Å². The summed E-state index contributed by atoms with van der Waals surface area (Å²) in [7, 11) is 0. The number of alkyl halides is 3. The normalized spacial score (nSPS) is 10.2. The maximum atomic E-state index is 12.3. The van der Waals surface area contributed by atoms with E-state index in [-0.39, 0.29) is 16.2 Å². The fourth-order valence-corrected chi connectivity index (χ4v) is 1.28. The van der Waals surface area contributed by atoms with E-state index in [2.05, 4.69) is 0 Å². The van der Waals surface area contributed by atoms with Crippen molar-refractivity contribution in [1.29, 1.82) is 10.5 Å². The van der Waals surface area contributed by atoms with Gasteiger partial charge < -0.3 is 0 Å². The molecule has 0 aliphatic rings. The van der Waals surface area contributed by atoms with Gasteiger partial charge in [-0.05, 0) is 17.7 Å². The highest BCUT2D eigenvalue weighted by atomic mass is 35.5. The van der Waals surface area contributed by atoms with Gasteiger partial charge in [0.25, 0.3) is 0 Å². The van der Waals surface area contributed by atoms with E-state index in [1.807, 2.05) is 0 Å². The van der Waals surface area contributed by atoms with Gasteiger partial charge in [-0.25, -0.2) is 0 Å². The molecule has 0 heterocycles. The van der Waals surface area contributed by atoms with Crippen molar-refractivity contribution in [3.63, 3.8) is 0 Å². The molecule has 0 N–H and O–H groups in total. The maximum Gasteiger partial charge on any atom is 0.416 e. The van der Waals surface area contributed by atoms with Crippen LogP contribution < -0.4 is 0 Å². The first-order chi connectivity index (χ1) is 7.90. The minimum absolute atomic E-state index is 0.163. The summed E-state index contributed by atoms with van der Waals surface area (Å²) in [6.45, 7) is 0. The summed E-state index contributed by atoms with van der Waals surface area (Å²) in [5.74, 6) is 0. The van der Waals surface area contributed by atoms with Gasteiger partial charge in [0, 0.05) is 0 Å². The van der Waals surface area contributed by atoms with Crippen LogP contribution in [0.5, 0.6) is 0 Å². The van der Waals surface area contributed by atoms with Gasteiger partial charge in [0.2, 0.25) is 0 Å². The van der Waals surface area contributed by atoms with E-state index in [0.717, 1.165) is 24.3 Å². The molecule has 0 fully saturated rings. The number of halogens is 4. The van der Waals surface area contributed by atoms with Crippen LogP contribution in [0.1, 0.15) is 11.1 Å². The Balaban J connectivity index is 3.19. The molecule has 0 unspecified atom stereocenters. The molecule has 6 heteroatoms. The van der Waals surface area contributed by atoms with Gasteiger partial charge in [0.15, 0.2) is 0 Å². The summed E-state index contributed by atoms with van der Waals surface area (Å²) in [4.78, 5) is 0. The lowest BCUT2D eigenvalue weighted by molar-refractivity contribution is -0.137. The summed E-state index contributed by atoms with van der Waals surface area (Å²) >= 11 is 5.69. The molecule has 2 nitrogen and oxygen atoms in total. The molecule has 0 saturated heterocycles. The van der Waals surface area contributed by atoms with Crippen LogP contribution in [0.25, 0.3) is 5.03 Å². The van der Waals surface area contributed by atoms with Crippen LogP contribution in [0.2, 0.25) is 0 Å². The largest absolute Gasteiger partial charge is 0.416 e. The van der Waals surface area contributed by atoms with E-state index in [1.165, 1.54) is 0 Å². The number of nitriles is 2. The van der Waals surface area contributed by atoms with Gasteiger partial charge in [-0.15, -0.1) is 0 Å². The molecule has 0 aliphatic heterocycles. The predicted octanol–water partition coefficient (Wildman–Crippen LogP) is 3.70. The topological polar surface area (TPSA) is 47.6 Å². The molecular weight excluding hydrogens is 253 g/mol. The quantitative estimate of drug-likeness (QED) is 0.719. The van der Waals surface area contributed by atoms with Gasteiger partial charge in [-0.2, -0.15) is 23.7 Å². The predicted molar refractivity (Wildman–Crippen MR) is 55.4 cm³/mol. The van der Waals surface area contributed by atoms with Crippen LogP contribution in [-0.4, -0.2) is 0 Å². The lowest BCUT2D eigenvalue weighted by Crippen LogP contribution is -2.04. The molecule has 1 aromatic rings. The maximum absolute atomic E-state index is 12.3. The molecule has 0 amide bonds. The Hall–Kier alpha value is -1.98. The number of hydrogen-bond donors (Lipinski definition) is 0. The molecule has 0 radical (unpaired) electrons. The van der Waals surface area contributed by atoms with Crippen LogP contribution in [-0.2, 0) is 6.18 Å². The van der Waals surface area contributed by atoms with Crippen LogP contribution in [0.3, 0.4) is 0 Å². The van der Waals surface area contributed by atoms with Crippen LogP contribution in [0.15, 0.2) is 29.8 Å². The number of benzene rings is 1. The molecule has 0 spiro atoms. The zero-order chi connectivity index (χ0) is 13.1. The highest BCUT2D eigenvalue weighted by molar-refractivity contribution is 6.49. The van der Waals surface area contributed by atoms with Crippen molar-refractivity contribution in [2.24, 2.45) is 0 Å². The summed E-state index contributed by atoms with van der Waals surface area (Å²) in [5.41, 5.74) is -0.967. The second-order valence-corrected chi connectivity index (χ2v) is 3.37. The summed E-state index contributed by atoms with van der Waals surface area (Å²) in [5, 5.41) is 16.9. The van der Waals surface area contributed by atoms with E-state index in [1.54, 1.807) is 12.1 Å². The van der Waals surface area contributed by atoms with Crippen molar-refractivity contribution < 1.29 is 13.2 Å². The standard InChI is InChI=1S/C11H4ClF3N2/c12-10(8(5-16)6-17)7-1-3-9(4-2-7)11(13,14)15/h1-4H. The Bertz CT molecular complexity index is 514. The highest BCUT2D eigenvalue weighted by Crippen LogP contribution is 2.31. The second kappa shape index (κ2) is 4.90. The van der Waals surface area contributed by atoms with Gasteiger partial charge in [-0.3, -0.25) is 0 Å². The summed E-state index contributed by atoms with van der Waals surface area (Å²) in [6, 6.07) is 7.02. The molecule has 0 aliphatic carbocycles. The molecule has 1 rings (SSSR count). The van der Waals surface area contributed by atoms with Crippen molar-refractivity contribution in [1.82, 2.24) is 0 Å². The van der Waals surface area contributed by atoms with Gasteiger partial charge >= 0.3 is 6.18 Å². The van der Waals surface area contributed by atoms with Crippen molar-refractivity contribution in [3.8, 4) is 12.1 Å². The molecule has 1 aromatic carbocycles. The number of hydrogen-bond acceptors (Lipinski definition) is 2. The SMILES string of the molecule is N#CC(C#N)=C(Cl)c1ccc(C(F)(F)F)cc1. The number of allylic oxidation sites excluding steroid dienone is 1. The van der Waals surface area contributed by atoms with Crippen LogP contribution in [0, 0.1) is 22.7 Å². The monoisotopic (exact) mass is 256 g/mol. The second-order valence-electron chi connectivity index (χ2n) is 2.99. The molecule has 0 saturated carbocycles. The minimum Gasteiger partial charge on any atom is -0.192 e. The van der Waals surface area contributed by atoms with Crippen LogP contribution >= 0.6 is 11.6 Å². The van der Waals surface area contributed by atoms with Gasteiger partial charge in [0.1, 0.15) is 17.7 Å². The first-order valence-corrected chi connectivity index (χ1v) is 4.65. The Morgan fingerprint density at radius 1 is 1.06 bits per heavy atom. The fourth-order valence-electron chi connectivity index (χ4n) is 1.07. The Kier molecular flexibility index (Phi) is 3.77. The molecule has 0 bridgehead atoms. The average molecular weight is 257 g/mol.